The molecule has 1 atom stereocenters. The second-order valence-electron chi connectivity index (χ2n) is 6.25. The van der Waals surface area contributed by atoms with Crippen LogP contribution in [-0.4, -0.2) is 34.8 Å². The summed E-state index contributed by atoms with van der Waals surface area (Å²) in [6, 6.07) is 11.5. The molecule has 128 valence electrons. The van der Waals surface area contributed by atoms with Gasteiger partial charge in [-0.15, -0.1) is 0 Å². The van der Waals surface area contributed by atoms with Crippen molar-refractivity contribution >= 4 is 21.3 Å². The Morgan fingerprint density at radius 3 is 2.64 bits per heavy atom. The van der Waals surface area contributed by atoms with E-state index < -0.39 is 9.84 Å². The van der Waals surface area contributed by atoms with Crippen molar-refractivity contribution in [2.75, 3.05) is 11.1 Å². The largest absolute Gasteiger partial charge is 0.363 e. The van der Waals surface area contributed by atoms with Gasteiger partial charge in [-0.25, -0.2) is 13.4 Å². The third kappa shape index (κ3) is 2.91. The molecule has 6 nitrogen and oxygen atoms in total. The Balaban J connectivity index is 1.84. The standard InChI is InChI=1S/C18H18N4O2S/c1-12-13(2)21-22-17(19-15-8-9-25(23,24)11-15)10-16(20-18(12)22)14-6-4-3-5-7-14/h3-10,15,19H,11H2,1-2H3/t15-/m0/s1. The van der Waals surface area contributed by atoms with Crippen molar-refractivity contribution in [1.82, 2.24) is 14.6 Å². The van der Waals surface area contributed by atoms with Gasteiger partial charge in [0.15, 0.2) is 15.5 Å². The van der Waals surface area contributed by atoms with Crippen molar-refractivity contribution in [3.05, 3.63) is 59.1 Å². The van der Waals surface area contributed by atoms with Crippen molar-refractivity contribution in [2.24, 2.45) is 0 Å². The summed E-state index contributed by atoms with van der Waals surface area (Å²) < 4.78 is 25.1. The zero-order valence-corrected chi connectivity index (χ0v) is 14.8. The molecule has 0 spiro atoms. The summed E-state index contributed by atoms with van der Waals surface area (Å²) in [7, 11) is -3.12. The van der Waals surface area contributed by atoms with Crippen LogP contribution >= 0.6 is 0 Å². The molecule has 2 aromatic heterocycles. The monoisotopic (exact) mass is 354 g/mol. The third-order valence-corrected chi connectivity index (χ3v) is 5.79. The molecule has 3 aromatic rings. The normalized spacial score (nSPS) is 18.7. The van der Waals surface area contributed by atoms with E-state index in [4.69, 9.17) is 4.98 Å². The minimum absolute atomic E-state index is 0.0523. The molecule has 0 bridgehead atoms. The highest BCUT2D eigenvalue weighted by atomic mass is 32.2. The number of benzene rings is 1. The molecular weight excluding hydrogens is 336 g/mol. The van der Waals surface area contributed by atoms with Gasteiger partial charge in [-0.1, -0.05) is 30.3 Å². The maximum atomic E-state index is 11.7. The van der Waals surface area contributed by atoms with Crippen LogP contribution in [0.5, 0.6) is 0 Å². The summed E-state index contributed by atoms with van der Waals surface area (Å²) in [5.74, 6) is 0.781. The molecular formula is C18H18N4O2S. The molecule has 0 amide bonds. The molecule has 7 heteroatoms. The Morgan fingerprint density at radius 2 is 1.96 bits per heavy atom. The fourth-order valence-electron chi connectivity index (χ4n) is 2.94. The van der Waals surface area contributed by atoms with Crippen LogP contribution in [0.1, 0.15) is 11.3 Å². The highest BCUT2D eigenvalue weighted by Gasteiger charge is 2.23. The molecule has 1 aromatic carbocycles. The summed E-state index contributed by atoms with van der Waals surface area (Å²) >= 11 is 0. The number of nitrogens with one attached hydrogen (secondary N) is 1. The molecule has 25 heavy (non-hydrogen) atoms. The maximum absolute atomic E-state index is 11.7. The zero-order valence-electron chi connectivity index (χ0n) is 14.0. The van der Waals surface area contributed by atoms with Crippen LogP contribution in [0.3, 0.4) is 0 Å². The van der Waals surface area contributed by atoms with Crippen LogP contribution in [0.15, 0.2) is 47.9 Å². The van der Waals surface area contributed by atoms with Gasteiger partial charge in [0, 0.05) is 22.6 Å². The van der Waals surface area contributed by atoms with Gasteiger partial charge in [-0.05, 0) is 19.9 Å². The van der Waals surface area contributed by atoms with E-state index in [2.05, 4.69) is 10.4 Å². The van der Waals surface area contributed by atoms with Gasteiger partial charge in [0.25, 0.3) is 0 Å². The molecule has 0 saturated carbocycles. The molecule has 0 fully saturated rings. The summed E-state index contributed by atoms with van der Waals surface area (Å²) in [6.07, 6.45) is 1.67. The molecule has 0 saturated heterocycles. The number of sulfone groups is 1. The minimum atomic E-state index is -3.12. The molecule has 0 radical (unpaired) electrons. The number of anilines is 1. The van der Waals surface area contributed by atoms with E-state index in [1.165, 1.54) is 5.41 Å². The predicted octanol–water partition coefficient (Wildman–Crippen LogP) is 2.74. The molecule has 1 N–H and O–H groups in total. The maximum Gasteiger partial charge on any atom is 0.173 e. The number of aromatic nitrogens is 3. The number of hydrogen-bond acceptors (Lipinski definition) is 5. The minimum Gasteiger partial charge on any atom is -0.363 e. The molecule has 0 unspecified atom stereocenters. The van der Waals surface area contributed by atoms with Crippen LogP contribution in [-0.2, 0) is 9.84 Å². The second-order valence-corrected chi connectivity index (χ2v) is 8.18. The lowest BCUT2D eigenvalue weighted by Gasteiger charge is -2.14. The molecule has 4 rings (SSSR count). The first-order chi connectivity index (χ1) is 11.9. The SMILES string of the molecule is Cc1nn2c(N[C@H]3C=CS(=O)(=O)C3)cc(-c3ccccc3)nc2c1C. The third-order valence-electron chi connectivity index (χ3n) is 4.39. The smallest absolute Gasteiger partial charge is 0.173 e. The van der Waals surface area contributed by atoms with E-state index in [9.17, 15) is 8.42 Å². The van der Waals surface area contributed by atoms with E-state index in [1.54, 1.807) is 10.6 Å². The number of nitrogens with zero attached hydrogens (tertiary/aromatic N) is 3. The number of rotatable bonds is 3. The second kappa shape index (κ2) is 5.70. The van der Waals surface area contributed by atoms with Crippen LogP contribution in [0.25, 0.3) is 16.9 Å². The van der Waals surface area contributed by atoms with Gasteiger partial charge >= 0.3 is 0 Å². The molecule has 1 aliphatic rings. The Morgan fingerprint density at radius 1 is 1.20 bits per heavy atom. The Hall–Kier alpha value is -2.67. The first-order valence-corrected chi connectivity index (χ1v) is 9.74. The molecule has 1 aliphatic heterocycles. The fourth-order valence-corrected chi connectivity index (χ4v) is 4.18. The van der Waals surface area contributed by atoms with E-state index in [0.717, 1.165) is 34.0 Å². The van der Waals surface area contributed by atoms with Crippen molar-refractivity contribution in [2.45, 2.75) is 19.9 Å². The first-order valence-electron chi connectivity index (χ1n) is 8.03. The first kappa shape index (κ1) is 15.8. The quantitative estimate of drug-likeness (QED) is 0.783. The van der Waals surface area contributed by atoms with E-state index in [0.29, 0.717) is 0 Å². The lowest BCUT2D eigenvalue weighted by Crippen LogP contribution is -2.22. The van der Waals surface area contributed by atoms with Gasteiger partial charge in [-0.2, -0.15) is 9.61 Å². The number of aryl methyl sites for hydroxylation is 2. The zero-order chi connectivity index (χ0) is 17.6. The highest BCUT2D eigenvalue weighted by molar-refractivity contribution is 7.94. The number of hydrogen-bond donors (Lipinski definition) is 1. The van der Waals surface area contributed by atoms with Gasteiger partial charge in [0.1, 0.15) is 5.82 Å². The van der Waals surface area contributed by atoms with Crippen molar-refractivity contribution in [3.63, 3.8) is 0 Å². The van der Waals surface area contributed by atoms with Crippen LogP contribution < -0.4 is 5.32 Å². The topological polar surface area (TPSA) is 76.4 Å². The fraction of sp³-hybridized carbons (Fsp3) is 0.222. The summed E-state index contributed by atoms with van der Waals surface area (Å²) in [5, 5.41) is 9.09. The van der Waals surface area contributed by atoms with E-state index in [-0.39, 0.29) is 11.8 Å². The van der Waals surface area contributed by atoms with Crippen molar-refractivity contribution < 1.29 is 8.42 Å². The van der Waals surface area contributed by atoms with Gasteiger partial charge in [0.2, 0.25) is 0 Å². The van der Waals surface area contributed by atoms with Gasteiger partial charge < -0.3 is 5.32 Å². The van der Waals surface area contributed by atoms with Crippen LogP contribution in [0, 0.1) is 13.8 Å². The lowest BCUT2D eigenvalue weighted by molar-refractivity contribution is 0.605. The predicted molar refractivity (Wildman–Crippen MR) is 98.2 cm³/mol. The Labute approximate surface area is 146 Å². The van der Waals surface area contributed by atoms with Crippen molar-refractivity contribution in [3.8, 4) is 11.3 Å². The molecule has 0 aliphatic carbocycles. The average Bonchev–Trinajstić information content (AvgIpc) is 3.08. The Bertz CT molecular complexity index is 1090. The summed E-state index contributed by atoms with van der Waals surface area (Å²) in [4.78, 5) is 4.75. The van der Waals surface area contributed by atoms with Crippen LogP contribution in [0.4, 0.5) is 5.82 Å². The summed E-state index contributed by atoms with van der Waals surface area (Å²) in [6.45, 7) is 3.93. The average molecular weight is 354 g/mol. The van der Waals surface area contributed by atoms with Gasteiger partial charge in [0.05, 0.1) is 23.2 Å². The van der Waals surface area contributed by atoms with Gasteiger partial charge in [-0.3, -0.25) is 0 Å². The summed E-state index contributed by atoms with van der Waals surface area (Å²) in [5.41, 5.74) is 4.50. The van der Waals surface area contributed by atoms with Crippen molar-refractivity contribution in [1.29, 1.82) is 0 Å². The highest BCUT2D eigenvalue weighted by Crippen LogP contribution is 2.26. The number of fused-ring (bicyclic) bond motifs is 1. The van der Waals surface area contributed by atoms with E-state index in [1.807, 2.05) is 50.2 Å². The lowest BCUT2D eigenvalue weighted by atomic mass is 10.1. The van der Waals surface area contributed by atoms with E-state index >= 15 is 0 Å². The Kier molecular flexibility index (Phi) is 3.61. The van der Waals surface area contributed by atoms with Crippen LogP contribution in [0.2, 0.25) is 0 Å². The molecule has 3 heterocycles.